The van der Waals surface area contributed by atoms with Gasteiger partial charge in [-0.25, -0.2) is 0 Å². The SMILES string of the molecule is CCC(CC(N)=S)NC(=O)C1CCCC(C(F)(F)F)C1. The first kappa shape index (κ1) is 17.2. The van der Waals surface area contributed by atoms with Crippen molar-refractivity contribution in [2.24, 2.45) is 17.6 Å². The number of thiocarbonyl (C=S) groups is 1. The largest absolute Gasteiger partial charge is 0.393 e. The predicted octanol–water partition coefficient (Wildman–Crippen LogP) is 2.93. The summed E-state index contributed by atoms with van der Waals surface area (Å²) < 4.78 is 38.1. The van der Waals surface area contributed by atoms with Crippen LogP contribution in [0, 0.1) is 11.8 Å². The molecule has 1 saturated carbocycles. The number of nitrogens with two attached hydrogens (primary N) is 1. The Morgan fingerprint density at radius 1 is 1.45 bits per heavy atom. The van der Waals surface area contributed by atoms with Gasteiger partial charge in [0, 0.05) is 18.4 Å². The van der Waals surface area contributed by atoms with Crippen molar-refractivity contribution in [2.45, 2.75) is 57.7 Å². The maximum Gasteiger partial charge on any atom is 0.391 e. The van der Waals surface area contributed by atoms with E-state index in [1.807, 2.05) is 6.92 Å². The number of hydrogen-bond acceptors (Lipinski definition) is 2. The monoisotopic (exact) mass is 310 g/mol. The zero-order chi connectivity index (χ0) is 15.3. The van der Waals surface area contributed by atoms with Crippen LogP contribution < -0.4 is 11.1 Å². The van der Waals surface area contributed by atoms with Crippen molar-refractivity contribution in [1.29, 1.82) is 0 Å². The van der Waals surface area contributed by atoms with E-state index >= 15 is 0 Å². The van der Waals surface area contributed by atoms with Gasteiger partial charge in [-0.2, -0.15) is 13.2 Å². The van der Waals surface area contributed by atoms with Crippen LogP contribution in [-0.2, 0) is 4.79 Å². The summed E-state index contributed by atoms with van der Waals surface area (Å²) >= 11 is 4.79. The van der Waals surface area contributed by atoms with Gasteiger partial charge >= 0.3 is 6.18 Å². The van der Waals surface area contributed by atoms with Gasteiger partial charge in [-0.1, -0.05) is 25.6 Å². The summed E-state index contributed by atoms with van der Waals surface area (Å²) in [6, 6.07) is -0.189. The molecule has 3 atom stereocenters. The molecule has 1 aliphatic rings. The Morgan fingerprint density at radius 2 is 2.10 bits per heavy atom. The predicted molar refractivity (Wildman–Crippen MR) is 75.1 cm³/mol. The van der Waals surface area contributed by atoms with Gasteiger partial charge in [-0.05, 0) is 25.7 Å². The van der Waals surface area contributed by atoms with E-state index < -0.39 is 18.0 Å². The highest BCUT2D eigenvalue weighted by Gasteiger charge is 2.43. The van der Waals surface area contributed by atoms with E-state index in [2.05, 4.69) is 5.32 Å². The number of halogens is 3. The van der Waals surface area contributed by atoms with Gasteiger partial charge in [-0.3, -0.25) is 4.79 Å². The van der Waals surface area contributed by atoms with Crippen LogP contribution in [0.15, 0.2) is 0 Å². The van der Waals surface area contributed by atoms with Crippen molar-refractivity contribution < 1.29 is 18.0 Å². The maximum absolute atomic E-state index is 12.7. The van der Waals surface area contributed by atoms with E-state index in [4.69, 9.17) is 18.0 Å². The van der Waals surface area contributed by atoms with E-state index in [1.54, 1.807) is 0 Å². The number of hydrogen-bond donors (Lipinski definition) is 2. The fourth-order valence-corrected chi connectivity index (χ4v) is 2.79. The zero-order valence-electron chi connectivity index (χ0n) is 11.5. The average molecular weight is 310 g/mol. The molecule has 1 amide bonds. The molecule has 1 fully saturated rings. The highest BCUT2D eigenvalue weighted by Crippen LogP contribution is 2.39. The van der Waals surface area contributed by atoms with Crippen LogP contribution in [0.4, 0.5) is 13.2 Å². The minimum Gasteiger partial charge on any atom is -0.393 e. The molecule has 0 radical (unpaired) electrons. The Bertz CT molecular complexity index is 360. The van der Waals surface area contributed by atoms with Crippen molar-refractivity contribution in [2.75, 3.05) is 0 Å². The Kier molecular flexibility index (Phi) is 6.23. The van der Waals surface area contributed by atoms with Crippen LogP contribution >= 0.6 is 12.2 Å². The molecule has 0 heterocycles. The first-order valence-corrected chi connectivity index (χ1v) is 7.30. The van der Waals surface area contributed by atoms with Crippen LogP contribution in [0.1, 0.15) is 45.4 Å². The van der Waals surface area contributed by atoms with Crippen LogP contribution in [0.5, 0.6) is 0 Å². The van der Waals surface area contributed by atoms with Crippen LogP contribution in [-0.4, -0.2) is 23.1 Å². The third-order valence-electron chi connectivity index (χ3n) is 3.79. The van der Waals surface area contributed by atoms with Gasteiger partial charge in [0.1, 0.15) is 0 Å². The zero-order valence-corrected chi connectivity index (χ0v) is 12.3. The number of rotatable bonds is 5. The van der Waals surface area contributed by atoms with Gasteiger partial charge in [0.2, 0.25) is 5.91 Å². The Labute approximate surface area is 122 Å². The third-order valence-corrected chi connectivity index (χ3v) is 3.96. The molecule has 0 bridgehead atoms. The molecule has 3 N–H and O–H groups in total. The summed E-state index contributed by atoms with van der Waals surface area (Å²) in [5.74, 6) is -2.22. The fraction of sp³-hybridized carbons (Fsp3) is 0.846. The molecule has 3 unspecified atom stereocenters. The molecule has 20 heavy (non-hydrogen) atoms. The Balaban J connectivity index is 2.56. The molecule has 1 rings (SSSR count). The molecular formula is C13H21F3N2OS. The van der Waals surface area contributed by atoms with Gasteiger partial charge in [-0.15, -0.1) is 0 Å². The standard InChI is InChI=1S/C13H21F3N2OS/c1-2-10(7-11(17)20)18-12(19)8-4-3-5-9(6-8)13(14,15)16/h8-10H,2-7H2,1H3,(H2,17,20)(H,18,19). The van der Waals surface area contributed by atoms with Crippen LogP contribution in [0.2, 0.25) is 0 Å². The summed E-state index contributed by atoms with van der Waals surface area (Å²) in [7, 11) is 0. The highest BCUT2D eigenvalue weighted by atomic mass is 32.1. The first-order chi connectivity index (χ1) is 9.24. The second-order valence-electron chi connectivity index (χ2n) is 5.39. The fourth-order valence-electron chi connectivity index (χ4n) is 2.58. The number of carbonyl (C=O) groups is 1. The molecule has 0 aliphatic heterocycles. The number of amides is 1. The molecule has 3 nitrogen and oxygen atoms in total. The minimum absolute atomic E-state index is 0.112. The average Bonchev–Trinajstić information content (AvgIpc) is 2.36. The van der Waals surface area contributed by atoms with Crippen molar-refractivity contribution in [1.82, 2.24) is 5.32 Å². The van der Waals surface area contributed by atoms with Gasteiger partial charge in [0.15, 0.2) is 0 Å². The first-order valence-electron chi connectivity index (χ1n) is 6.89. The van der Waals surface area contributed by atoms with E-state index in [0.29, 0.717) is 30.7 Å². The molecule has 0 aromatic carbocycles. The molecule has 1 aliphatic carbocycles. The summed E-state index contributed by atoms with van der Waals surface area (Å²) in [5.41, 5.74) is 5.43. The summed E-state index contributed by atoms with van der Waals surface area (Å²) in [5, 5.41) is 2.77. The highest BCUT2D eigenvalue weighted by molar-refractivity contribution is 7.80. The second-order valence-corrected chi connectivity index (χ2v) is 5.91. The molecule has 0 spiro atoms. The van der Waals surface area contributed by atoms with Crippen LogP contribution in [0.3, 0.4) is 0 Å². The van der Waals surface area contributed by atoms with E-state index in [-0.39, 0.29) is 24.8 Å². The van der Waals surface area contributed by atoms with Gasteiger partial charge in [0.05, 0.1) is 10.9 Å². The summed E-state index contributed by atoms with van der Waals surface area (Å²) in [6.45, 7) is 1.88. The van der Waals surface area contributed by atoms with Crippen LogP contribution in [0.25, 0.3) is 0 Å². The van der Waals surface area contributed by atoms with Crippen molar-refractivity contribution in [3.8, 4) is 0 Å². The molecule has 0 saturated heterocycles. The maximum atomic E-state index is 12.7. The quantitative estimate of drug-likeness (QED) is 0.768. The minimum atomic E-state index is -4.21. The molecule has 0 aromatic rings. The second kappa shape index (κ2) is 7.24. The summed E-state index contributed by atoms with van der Waals surface area (Å²) in [6.07, 6.45) is -2.21. The summed E-state index contributed by atoms with van der Waals surface area (Å²) in [4.78, 5) is 12.4. The van der Waals surface area contributed by atoms with Crippen molar-refractivity contribution >= 4 is 23.1 Å². The van der Waals surface area contributed by atoms with Crippen molar-refractivity contribution in [3.63, 3.8) is 0 Å². The molecule has 7 heteroatoms. The van der Waals surface area contributed by atoms with Gasteiger partial charge < -0.3 is 11.1 Å². The number of alkyl halides is 3. The lowest BCUT2D eigenvalue weighted by Crippen LogP contribution is -2.43. The molecule has 116 valence electrons. The normalized spacial score (nSPS) is 25.0. The number of nitrogens with one attached hydrogen (secondary N) is 1. The number of carbonyl (C=O) groups excluding carboxylic acids is 1. The smallest absolute Gasteiger partial charge is 0.391 e. The Morgan fingerprint density at radius 3 is 2.60 bits per heavy atom. The third kappa shape index (κ3) is 5.26. The lowest BCUT2D eigenvalue weighted by atomic mass is 9.80. The van der Waals surface area contributed by atoms with E-state index in [9.17, 15) is 18.0 Å². The lowest BCUT2D eigenvalue weighted by molar-refractivity contribution is -0.186. The van der Waals surface area contributed by atoms with Crippen molar-refractivity contribution in [3.05, 3.63) is 0 Å². The molecule has 0 aromatic heterocycles. The Hall–Kier alpha value is -0.850. The van der Waals surface area contributed by atoms with Gasteiger partial charge in [0.25, 0.3) is 0 Å². The lowest BCUT2D eigenvalue weighted by Gasteiger charge is -2.30. The molecular weight excluding hydrogens is 289 g/mol. The van der Waals surface area contributed by atoms with E-state index in [1.165, 1.54) is 0 Å². The van der Waals surface area contributed by atoms with E-state index in [0.717, 1.165) is 0 Å². The topological polar surface area (TPSA) is 55.1 Å².